The fraction of sp³-hybridized carbons (Fsp3) is 0.538. The Balaban J connectivity index is 1.91. The van der Waals surface area contributed by atoms with Crippen LogP contribution < -0.4 is 18.9 Å². The highest BCUT2D eigenvalue weighted by Gasteiger charge is 2.24. The molecule has 0 aromatic heterocycles. The topological polar surface area (TPSA) is 101 Å². The van der Waals surface area contributed by atoms with Gasteiger partial charge in [0.1, 0.15) is 19.3 Å². The zero-order valence-electron chi connectivity index (χ0n) is 21.3. The first kappa shape index (κ1) is 27.1. The summed E-state index contributed by atoms with van der Waals surface area (Å²) in [5.41, 5.74) is 1.86. The van der Waals surface area contributed by atoms with Crippen molar-refractivity contribution in [3.8, 4) is 23.0 Å². The monoisotopic (exact) mass is 508 g/mol. The summed E-state index contributed by atoms with van der Waals surface area (Å²) in [6.45, 7) is 12.9. The second-order valence-electron chi connectivity index (χ2n) is 10.6. The van der Waals surface area contributed by atoms with Gasteiger partial charge in [-0.2, -0.15) is 8.42 Å². The average molecular weight is 509 g/mol. The van der Waals surface area contributed by atoms with Crippen molar-refractivity contribution in [3.05, 3.63) is 47.5 Å². The van der Waals surface area contributed by atoms with Crippen LogP contribution in [0.4, 0.5) is 0 Å². The maximum Gasteiger partial charge on any atom is 0.397 e. The van der Waals surface area contributed by atoms with Crippen LogP contribution in [0.25, 0.3) is 0 Å². The van der Waals surface area contributed by atoms with Crippen molar-refractivity contribution < 1.29 is 36.1 Å². The summed E-state index contributed by atoms with van der Waals surface area (Å²) in [6, 6.07) is 11.3. The second-order valence-corrected chi connectivity index (χ2v) is 11.7. The predicted octanol–water partition coefficient (Wildman–Crippen LogP) is 5.09. The van der Waals surface area contributed by atoms with Gasteiger partial charge < -0.3 is 18.9 Å². The smallest absolute Gasteiger partial charge is 0.397 e. The minimum Gasteiger partial charge on any atom is -0.490 e. The maximum atomic E-state index is 11.5. The normalized spacial score (nSPS) is 18.0. The summed E-state index contributed by atoms with van der Waals surface area (Å²) in [6.07, 6.45) is -0.483. The number of benzene rings is 2. The van der Waals surface area contributed by atoms with Gasteiger partial charge >= 0.3 is 10.4 Å². The molecule has 1 N–H and O–H groups in total. The number of fused-ring (bicyclic) bond motifs is 2. The molecule has 1 unspecified atom stereocenters. The van der Waals surface area contributed by atoms with Crippen LogP contribution in [0.2, 0.25) is 0 Å². The SMILES string of the molecule is CC(C)(C)c1ccc2c(c1)OCCCOc1ccc(C(C)(C)C)cc1OCC(OS(=O)(=O)O)CO2. The number of rotatable bonds is 2. The van der Waals surface area contributed by atoms with E-state index >= 15 is 0 Å². The van der Waals surface area contributed by atoms with E-state index in [4.69, 9.17) is 23.1 Å². The van der Waals surface area contributed by atoms with Crippen molar-refractivity contribution in [2.24, 2.45) is 0 Å². The second kappa shape index (κ2) is 10.6. The zero-order valence-corrected chi connectivity index (χ0v) is 22.1. The fourth-order valence-electron chi connectivity index (χ4n) is 3.48. The number of hydrogen-bond donors (Lipinski definition) is 1. The van der Waals surface area contributed by atoms with Gasteiger partial charge in [0.15, 0.2) is 23.0 Å². The average Bonchev–Trinajstić information content (AvgIpc) is 2.73. The highest BCUT2D eigenvalue weighted by Crippen LogP contribution is 2.35. The fourth-order valence-corrected chi connectivity index (χ4v) is 3.93. The number of hydrogen-bond acceptors (Lipinski definition) is 7. The van der Waals surface area contributed by atoms with Crippen molar-refractivity contribution in [2.45, 2.75) is 64.9 Å². The van der Waals surface area contributed by atoms with Crippen LogP contribution in [0.15, 0.2) is 36.4 Å². The molecule has 194 valence electrons. The lowest BCUT2D eigenvalue weighted by Crippen LogP contribution is -2.31. The lowest BCUT2D eigenvalue weighted by molar-refractivity contribution is 0.0721. The molecular formula is C26H36O8S. The molecule has 2 aromatic rings. The van der Waals surface area contributed by atoms with E-state index < -0.39 is 16.5 Å². The molecule has 35 heavy (non-hydrogen) atoms. The molecule has 1 aliphatic rings. The Morgan fingerprint density at radius 3 is 1.66 bits per heavy atom. The Morgan fingerprint density at radius 1 is 0.743 bits per heavy atom. The third kappa shape index (κ3) is 8.02. The van der Waals surface area contributed by atoms with Gasteiger partial charge in [-0.05, 0) is 46.2 Å². The maximum absolute atomic E-state index is 11.5. The third-order valence-corrected chi connectivity index (χ3v) is 6.05. The van der Waals surface area contributed by atoms with Gasteiger partial charge in [0.2, 0.25) is 0 Å². The van der Waals surface area contributed by atoms with Crippen LogP contribution in [-0.2, 0) is 25.4 Å². The first-order valence-electron chi connectivity index (χ1n) is 11.7. The van der Waals surface area contributed by atoms with E-state index in [1.165, 1.54) is 0 Å². The van der Waals surface area contributed by atoms with Crippen molar-refractivity contribution in [3.63, 3.8) is 0 Å². The van der Waals surface area contributed by atoms with Gasteiger partial charge in [0.25, 0.3) is 0 Å². The molecule has 0 saturated carbocycles. The first-order chi connectivity index (χ1) is 16.2. The molecule has 3 rings (SSSR count). The molecule has 1 atom stereocenters. The lowest BCUT2D eigenvalue weighted by atomic mass is 9.87. The van der Waals surface area contributed by atoms with Crippen LogP contribution in [0, 0.1) is 0 Å². The van der Waals surface area contributed by atoms with Crippen LogP contribution in [0.5, 0.6) is 23.0 Å². The van der Waals surface area contributed by atoms with E-state index in [2.05, 4.69) is 41.5 Å². The van der Waals surface area contributed by atoms with Gasteiger partial charge in [-0.25, -0.2) is 4.18 Å². The largest absolute Gasteiger partial charge is 0.490 e. The molecule has 1 aliphatic heterocycles. The Hall–Kier alpha value is -2.49. The van der Waals surface area contributed by atoms with Gasteiger partial charge in [-0.15, -0.1) is 0 Å². The molecule has 0 saturated heterocycles. The predicted molar refractivity (Wildman–Crippen MR) is 133 cm³/mol. The van der Waals surface area contributed by atoms with E-state index in [0.717, 1.165) is 11.1 Å². The third-order valence-electron chi connectivity index (χ3n) is 5.53. The van der Waals surface area contributed by atoms with Gasteiger partial charge in [0.05, 0.1) is 13.2 Å². The van der Waals surface area contributed by atoms with E-state index in [1.807, 2.05) is 30.3 Å². The molecule has 0 aliphatic carbocycles. The highest BCUT2D eigenvalue weighted by molar-refractivity contribution is 7.80. The molecule has 0 amide bonds. The van der Waals surface area contributed by atoms with Crippen LogP contribution >= 0.6 is 0 Å². The van der Waals surface area contributed by atoms with Crippen LogP contribution in [0.1, 0.15) is 59.1 Å². The standard InChI is InChI=1S/C26H36O8S/c1-25(2,3)18-9-11-22-23(14-18)31-13-7-12-30-21-10-8-19(26(4,5)6)15-24(21)33-17-20(16-32-22)34-35(27,28)29/h8-11,14-15,20H,7,12-13,16-17H2,1-6H3,(H,27,28,29). The Kier molecular flexibility index (Phi) is 8.24. The van der Waals surface area contributed by atoms with Crippen LogP contribution in [0.3, 0.4) is 0 Å². The molecular weight excluding hydrogens is 472 g/mol. The van der Waals surface area contributed by atoms with Crippen molar-refractivity contribution in [2.75, 3.05) is 26.4 Å². The Bertz CT molecular complexity index is 1110. The highest BCUT2D eigenvalue weighted by atomic mass is 32.3. The molecule has 1 heterocycles. The minimum absolute atomic E-state index is 0.0966. The lowest BCUT2D eigenvalue weighted by Gasteiger charge is -2.24. The Labute approximate surface area is 208 Å². The molecule has 0 spiro atoms. The summed E-state index contributed by atoms with van der Waals surface area (Å²) >= 11 is 0. The summed E-state index contributed by atoms with van der Waals surface area (Å²) in [4.78, 5) is 0. The summed E-state index contributed by atoms with van der Waals surface area (Å²) < 4.78 is 60.9. The molecule has 0 radical (unpaired) electrons. The van der Waals surface area contributed by atoms with E-state index in [1.54, 1.807) is 6.07 Å². The molecule has 0 fully saturated rings. The van der Waals surface area contributed by atoms with Gasteiger partial charge in [0, 0.05) is 6.42 Å². The summed E-state index contributed by atoms with van der Waals surface area (Å²) in [7, 11) is -4.74. The Morgan fingerprint density at radius 2 is 1.17 bits per heavy atom. The quantitative estimate of drug-likeness (QED) is 0.560. The molecule has 9 heteroatoms. The number of ether oxygens (including phenoxy) is 4. The zero-order chi connectivity index (χ0) is 25.9. The van der Waals surface area contributed by atoms with E-state index in [-0.39, 0.29) is 24.0 Å². The summed E-state index contributed by atoms with van der Waals surface area (Å²) in [5, 5.41) is 0. The van der Waals surface area contributed by atoms with E-state index in [9.17, 15) is 13.0 Å². The van der Waals surface area contributed by atoms with Crippen molar-refractivity contribution in [1.82, 2.24) is 0 Å². The first-order valence-corrected chi connectivity index (χ1v) is 13.0. The van der Waals surface area contributed by atoms with Crippen LogP contribution in [-0.4, -0.2) is 45.5 Å². The van der Waals surface area contributed by atoms with Crippen molar-refractivity contribution in [1.29, 1.82) is 0 Å². The van der Waals surface area contributed by atoms with Gasteiger partial charge in [-0.3, -0.25) is 4.55 Å². The molecule has 0 bridgehead atoms. The minimum atomic E-state index is -4.74. The molecule has 2 aromatic carbocycles. The molecule has 8 nitrogen and oxygen atoms in total. The van der Waals surface area contributed by atoms with Gasteiger partial charge in [-0.1, -0.05) is 53.7 Å². The summed E-state index contributed by atoms with van der Waals surface area (Å²) in [5.74, 6) is 1.96. The van der Waals surface area contributed by atoms with E-state index in [0.29, 0.717) is 42.6 Å². The van der Waals surface area contributed by atoms with Crippen molar-refractivity contribution >= 4 is 10.4 Å².